The lowest BCUT2D eigenvalue weighted by atomic mass is 10.2. The van der Waals surface area contributed by atoms with E-state index in [1.807, 2.05) is 19.3 Å². The Morgan fingerprint density at radius 2 is 2.26 bits per heavy atom. The van der Waals surface area contributed by atoms with Gasteiger partial charge in [-0.1, -0.05) is 6.92 Å². The summed E-state index contributed by atoms with van der Waals surface area (Å²) in [6.45, 7) is 4.63. The van der Waals surface area contributed by atoms with Gasteiger partial charge in [-0.05, 0) is 31.2 Å². The molecule has 0 spiro atoms. The van der Waals surface area contributed by atoms with Gasteiger partial charge in [0.15, 0.2) is 0 Å². The minimum atomic E-state index is 0.0758. The molecule has 106 valence electrons. The van der Waals surface area contributed by atoms with Crippen LogP contribution in [-0.4, -0.2) is 43.0 Å². The smallest absolute Gasteiger partial charge is 0.221 e. The van der Waals surface area contributed by atoms with Crippen LogP contribution in [0.25, 0.3) is 0 Å². The first-order valence-corrected chi connectivity index (χ1v) is 6.73. The summed E-state index contributed by atoms with van der Waals surface area (Å²) in [5, 5.41) is 5.90. The molecule has 0 aliphatic rings. The number of rotatable bonds is 8. The van der Waals surface area contributed by atoms with Crippen molar-refractivity contribution in [2.24, 2.45) is 0 Å². The average Bonchev–Trinajstić information content (AvgIpc) is 2.43. The summed E-state index contributed by atoms with van der Waals surface area (Å²) in [5.74, 6) is 0.992. The first-order valence-electron chi connectivity index (χ1n) is 6.73. The van der Waals surface area contributed by atoms with Gasteiger partial charge in [-0.25, -0.2) is 4.98 Å². The van der Waals surface area contributed by atoms with Crippen LogP contribution >= 0.6 is 0 Å². The summed E-state index contributed by atoms with van der Waals surface area (Å²) in [7, 11) is 3.68. The zero-order chi connectivity index (χ0) is 14.1. The highest BCUT2D eigenvalue weighted by molar-refractivity contribution is 5.75. The van der Waals surface area contributed by atoms with Gasteiger partial charge in [0.1, 0.15) is 5.82 Å². The maximum atomic E-state index is 11.2. The molecule has 0 saturated heterocycles. The van der Waals surface area contributed by atoms with Crippen LogP contribution in [0, 0.1) is 0 Å². The molecule has 0 radical (unpaired) electrons. The number of amides is 1. The van der Waals surface area contributed by atoms with Gasteiger partial charge in [-0.3, -0.25) is 4.79 Å². The summed E-state index contributed by atoms with van der Waals surface area (Å²) in [4.78, 5) is 17.6. The number of nitrogens with one attached hydrogen (secondary N) is 2. The SMILES string of the molecule is CCCNc1cc(CN(C)CCC(=O)NC)ccn1. The molecule has 1 heterocycles. The van der Waals surface area contributed by atoms with E-state index < -0.39 is 0 Å². The number of anilines is 1. The van der Waals surface area contributed by atoms with Crippen LogP contribution in [0.2, 0.25) is 0 Å². The first-order chi connectivity index (χ1) is 9.15. The molecule has 1 rings (SSSR count). The molecule has 2 N–H and O–H groups in total. The molecule has 19 heavy (non-hydrogen) atoms. The van der Waals surface area contributed by atoms with Gasteiger partial charge in [-0.2, -0.15) is 0 Å². The third kappa shape index (κ3) is 6.20. The number of carbonyl (C=O) groups is 1. The third-order valence-electron chi connectivity index (χ3n) is 2.83. The molecule has 5 nitrogen and oxygen atoms in total. The van der Waals surface area contributed by atoms with E-state index in [2.05, 4.69) is 33.5 Å². The zero-order valence-corrected chi connectivity index (χ0v) is 12.1. The van der Waals surface area contributed by atoms with E-state index in [9.17, 15) is 4.79 Å². The maximum absolute atomic E-state index is 11.2. The van der Waals surface area contributed by atoms with Crippen LogP contribution in [-0.2, 0) is 11.3 Å². The van der Waals surface area contributed by atoms with Gasteiger partial charge in [0.05, 0.1) is 0 Å². The minimum Gasteiger partial charge on any atom is -0.370 e. The maximum Gasteiger partial charge on any atom is 0.221 e. The lowest BCUT2D eigenvalue weighted by molar-refractivity contribution is -0.120. The fourth-order valence-electron chi connectivity index (χ4n) is 1.73. The highest BCUT2D eigenvalue weighted by Crippen LogP contribution is 2.09. The zero-order valence-electron chi connectivity index (χ0n) is 12.1. The molecule has 0 bridgehead atoms. The van der Waals surface area contributed by atoms with E-state index in [1.165, 1.54) is 5.56 Å². The Hall–Kier alpha value is -1.62. The van der Waals surface area contributed by atoms with Gasteiger partial charge in [0, 0.05) is 39.3 Å². The quantitative estimate of drug-likeness (QED) is 0.746. The Morgan fingerprint density at radius 3 is 2.95 bits per heavy atom. The highest BCUT2D eigenvalue weighted by Gasteiger charge is 2.04. The van der Waals surface area contributed by atoms with E-state index in [0.717, 1.165) is 31.9 Å². The monoisotopic (exact) mass is 264 g/mol. The van der Waals surface area contributed by atoms with Gasteiger partial charge in [-0.15, -0.1) is 0 Å². The Morgan fingerprint density at radius 1 is 1.47 bits per heavy atom. The number of hydrogen-bond donors (Lipinski definition) is 2. The van der Waals surface area contributed by atoms with Crippen molar-refractivity contribution in [1.29, 1.82) is 0 Å². The minimum absolute atomic E-state index is 0.0758. The second kappa shape index (κ2) is 8.48. The predicted octanol–water partition coefficient (Wildman–Crippen LogP) is 1.47. The summed E-state index contributed by atoms with van der Waals surface area (Å²) >= 11 is 0. The van der Waals surface area contributed by atoms with E-state index in [4.69, 9.17) is 0 Å². The molecular weight excluding hydrogens is 240 g/mol. The number of aromatic nitrogens is 1. The van der Waals surface area contributed by atoms with Gasteiger partial charge >= 0.3 is 0 Å². The molecule has 0 atom stereocenters. The summed E-state index contributed by atoms with van der Waals surface area (Å²) in [5.41, 5.74) is 1.20. The largest absolute Gasteiger partial charge is 0.370 e. The summed E-state index contributed by atoms with van der Waals surface area (Å²) < 4.78 is 0. The molecule has 1 amide bonds. The predicted molar refractivity (Wildman–Crippen MR) is 78.0 cm³/mol. The fraction of sp³-hybridized carbons (Fsp3) is 0.571. The second-order valence-electron chi connectivity index (χ2n) is 4.64. The van der Waals surface area contributed by atoms with Crippen molar-refractivity contribution in [3.63, 3.8) is 0 Å². The normalized spacial score (nSPS) is 10.5. The van der Waals surface area contributed by atoms with Gasteiger partial charge in [0.2, 0.25) is 5.91 Å². The lowest BCUT2D eigenvalue weighted by Crippen LogP contribution is -2.26. The third-order valence-corrected chi connectivity index (χ3v) is 2.83. The molecule has 0 aliphatic heterocycles. The molecule has 1 aromatic heterocycles. The van der Waals surface area contributed by atoms with Crippen LogP contribution in [0.15, 0.2) is 18.3 Å². The Bertz CT molecular complexity index is 395. The molecule has 5 heteroatoms. The van der Waals surface area contributed by atoms with Crippen LogP contribution in [0.4, 0.5) is 5.82 Å². The molecule has 0 fully saturated rings. The fourth-order valence-corrected chi connectivity index (χ4v) is 1.73. The number of carbonyl (C=O) groups excluding carboxylic acids is 1. The summed E-state index contributed by atoms with van der Waals surface area (Å²) in [6, 6.07) is 4.07. The standard InChI is InChI=1S/C14H24N4O/c1-4-7-16-13-10-12(5-8-17-13)11-18(3)9-6-14(19)15-2/h5,8,10H,4,6-7,9,11H2,1-3H3,(H,15,19)(H,16,17). The highest BCUT2D eigenvalue weighted by atomic mass is 16.1. The van der Waals surface area contributed by atoms with E-state index in [0.29, 0.717) is 6.42 Å². The number of pyridine rings is 1. The van der Waals surface area contributed by atoms with Crippen molar-refractivity contribution in [3.8, 4) is 0 Å². The van der Waals surface area contributed by atoms with Gasteiger partial charge in [0.25, 0.3) is 0 Å². The van der Waals surface area contributed by atoms with Crippen LogP contribution in [0.3, 0.4) is 0 Å². The van der Waals surface area contributed by atoms with Crippen LogP contribution in [0.5, 0.6) is 0 Å². The van der Waals surface area contributed by atoms with Crippen LogP contribution < -0.4 is 10.6 Å². The van der Waals surface area contributed by atoms with E-state index in [1.54, 1.807) is 7.05 Å². The van der Waals surface area contributed by atoms with Crippen LogP contribution in [0.1, 0.15) is 25.3 Å². The van der Waals surface area contributed by atoms with Gasteiger partial charge < -0.3 is 15.5 Å². The Balaban J connectivity index is 2.44. The number of hydrogen-bond acceptors (Lipinski definition) is 4. The van der Waals surface area contributed by atoms with Crippen molar-refractivity contribution >= 4 is 11.7 Å². The van der Waals surface area contributed by atoms with Crippen molar-refractivity contribution < 1.29 is 4.79 Å². The van der Waals surface area contributed by atoms with E-state index in [-0.39, 0.29) is 5.91 Å². The number of nitrogens with zero attached hydrogens (tertiary/aromatic N) is 2. The summed E-state index contributed by atoms with van der Waals surface area (Å²) in [6.07, 6.45) is 3.43. The Labute approximate surface area is 115 Å². The second-order valence-corrected chi connectivity index (χ2v) is 4.64. The molecule has 0 unspecified atom stereocenters. The topological polar surface area (TPSA) is 57.3 Å². The van der Waals surface area contributed by atoms with Crippen molar-refractivity contribution in [3.05, 3.63) is 23.9 Å². The molecule has 0 saturated carbocycles. The molecular formula is C14H24N4O. The average molecular weight is 264 g/mol. The first kappa shape index (κ1) is 15.4. The van der Waals surface area contributed by atoms with Crippen molar-refractivity contribution in [1.82, 2.24) is 15.2 Å². The van der Waals surface area contributed by atoms with Crippen molar-refractivity contribution in [2.45, 2.75) is 26.3 Å². The van der Waals surface area contributed by atoms with E-state index >= 15 is 0 Å². The lowest BCUT2D eigenvalue weighted by Gasteiger charge is -2.16. The molecule has 0 aliphatic carbocycles. The van der Waals surface area contributed by atoms with Crippen molar-refractivity contribution in [2.75, 3.05) is 32.5 Å². The molecule has 0 aromatic carbocycles. The Kier molecular flexibility index (Phi) is 6.89. The molecule has 1 aromatic rings.